The minimum atomic E-state index is 0.0686. The minimum absolute atomic E-state index is 0.0686. The van der Waals surface area contributed by atoms with Gasteiger partial charge in [0, 0.05) is 18.6 Å². The minimum Gasteiger partial charge on any atom is -0.370 e. The van der Waals surface area contributed by atoms with E-state index >= 15 is 0 Å². The van der Waals surface area contributed by atoms with E-state index in [2.05, 4.69) is 36.4 Å². The van der Waals surface area contributed by atoms with E-state index in [1.807, 2.05) is 19.1 Å². The molecule has 4 heteroatoms. The number of hydrogen-bond acceptors (Lipinski definition) is 3. The van der Waals surface area contributed by atoms with Crippen molar-refractivity contribution in [2.45, 2.75) is 39.8 Å². The lowest BCUT2D eigenvalue weighted by molar-refractivity contribution is 0.421. The summed E-state index contributed by atoms with van der Waals surface area (Å²) in [5.41, 5.74) is 0.953. The topological polar surface area (TPSA) is 37.0 Å². The van der Waals surface area contributed by atoms with E-state index in [1.54, 1.807) is 0 Å². The summed E-state index contributed by atoms with van der Waals surface area (Å²) in [6, 6.07) is 3.78. The summed E-state index contributed by atoms with van der Waals surface area (Å²) in [5.74, 6) is 0.873. The highest BCUT2D eigenvalue weighted by molar-refractivity contribution is 6.31. The van der Waals surface area contributed by atoms with Crippen LogP contribution >= 0.6 is 11.6 Å². The zero-order valence-corrected chi connectivity index (χ0v) is 11.2. The van der Waals surface area contributed by atoms with Crippen LogP contribution in [0.5, 0.6) is 0 Å². The number of aromatic nitrogens is 1. The van der Waals surface area contributed by atoms with Crippen molar-refractivity contribution in [2.75, 3.05) is 11.9 Å². The van der Waals surface area contributed by atoms with Crippen molar-refractivity contribution >= 4 is 17.4 Å². The van der Waals surface area contributed by atoms with Gasteiger partial charge in [-0.25, -0.2) is 4.98 Å². The van der Waals surface area contributed by atoms with Crippen LogP contribution in [-0.4, -0.2) is 17.1 Å². The summed E-state index contributed by atoms with van der Waals surface area (Å²) in [4.78, 5) is 4.46. The molecule has 0 unspecified atom stereocenters. The van der Waals surface area contributed by atoms with E-state index in [4.69, 9.17) is 11.6 Å². The molecule has 1 heterocycles. The third-order valence-corrected chi connectivity index (χ3v) is 2.41. The molecule has 0 atom stereocenters. The fraction of sp³-hybridized carbons (Fsp3) is 0.583. The molecule has 0 saturated carbocycles. The van der Waals surface area contributed by atoms with Gasteiger partial charge in [0.25, 0.3) is 0 Å². The summed E-state index contributed by atoms with van der Waals surface area (Å²) < 4.78 is 0. The molecular formula is C12H20ClN3. The Morgan fingerprint density at radius 1 is 1.31 bits per heavy atom. The molecule has 1 aromatic rings. The molecule has 0 aliphatic carbocycles. The Kier molecular flexibility index (Phi) is 4.56. The maximum atomic E-state index is 6.09. The third kappa shape index (κ3) is 4.37. The summed E-state index contributed by atoms with van der Waals surface area (Å²) in [6.45, 7) is 9.95. The number of pyridine rings is 1. The fourth-order valence-electron chi connectivity index (χ4n) is 1.24. The molecule has 0 amide bonds. The lowest BCUT2D eigenvalue weighted by atomic mass is 10.1. The van der Waals surface area contributed by atoms with Crippen molar-refractivity contribution in [3.63, 3.8) is 0 Å². The van der Waals surface area contributed by atoms with Gasteiger partial charge in [0.05, 0.1) is 10.7 Å². The van der Waals surface area contributed by atoms with E-state index in [-0.39, 0.29) is 5.54 Å². The van der Waals surface area contributed by atoms with E-state index in [0.29, 0.717) is 11.6 Å². The molecular weight excluding hydrogens is 222 g/mol. The molecule has 0 aliphatic heterocycles. The van der Waals surface area contributed by atoms with Crippen LogP contribution in [0.2, 0.25) is 5.02 Å². The monoisotopic (exact) mass is 241 g/mol. The van der Waals surface area contributed by atoms with Gasteiger partial charge >= 0.3 is 0 Å². The van der Waals surface area contributed by atoms with Gasteiger partial charge in [-0.15, -0.1) is 0 Å². The first kappa shape index (κ1) is 13.3. The van der Waals surface area contributed by atoms with Gasteiger partial charge in [-0.2, -0.15) is 0 Å². The van der Waals surface area contributed by atoms with E-state index in [0.717, 1.165) is 18.1 Å². The van der Waals surface area contributed by atoms with Crippen molar-refractivity contribution in [1.82, 2.24) is 10.3 Å². The lowest BCUT2D eigenvalue weighted by Crippen LogP contribution is -2.35. The third-order valence-electron chi connectivity index (χ3n) is 2.06. The molecule has 1 aromatic heterocycles. The summed E-state index contributed by atoms with van der Waals surface area (Å²) in [5, 5.41) is 7.26. The van der Waals surface area contributed by atoms with Crippen LogP contribution in [0, 0.1) is 0 Å². The van der Waals surface area contributed by atoms with E-state index < -0.39 is 0 Å². The first-order chi connectivity index (χ1) is 7.42. The van der Waals surface area contributed by atoms with Crippen LogP contribution in [0.15, 0.2) is 12.1 Å². The quantitative estimate of drug-likeness (QED) is 0.851. The second-order valence-electron chi connectivity index (χ2n) is 4.76. The standard InChI is InChI=1S/C12H20ClN3/c1-5-14-11-7-6-9(13)10(16-11)8-15-12(2,3)4/h6-7,15H,5,8H2,1-4H3,(H,14,16). The predicted molar refractivity (Wildman–Crippen MR) is 70.0 cm³/mol. The van der Waals surface area contributed by atoms with Gasteiger partial charge in [0.1, 0.15) is 5.82 Å². The number of halogens is 1. The number of nitrogens with one attached hydrogen (secondary N) is 2. The van der Waals surface area contributed by atoms with Gasteiger partial charge in [0.2, 0.25) is 0 Å². The second-order valence-corrected chi connectivity index (χ2v) is 5.17. The Bertz CT molecular complexity index is 345. The zero-order valence-electron chi connectivity index (χ0n) is 10.4. The Hall–Kier alpha value is -0.800. The highest BCUT2D eigenvalue weighted by Crippen LogP contribution is 2.17. The Balaban J connectivity index is 2.74. The first-order valence-corrected chi connectivity index (χ1v) is 5.94. The molecule has 0 fully saturated rings. The molecule has 0 bridgehead atoms. The summed E-state index contributed by atoms with van der Waals surface area (Å²) in [7, 11) is 0. The normalized spacial score (nSPS) is 11.6. The fourth-order valence-corrected chi connectivity index (χ4v) is 1.41. The largest absolute Gasteiger partial charge is 0.370 e. The van der Waals surface area contributed by atoms with Crippen LogP contribution in [0.25, 0.3) is 0 Å². The van der Waals surface area contributed by atoms with Gasteiger partial charge in [-0.3, -0.25) is 0 Å². The molecule has 3 nitrogen and oxygen atoms in total. The summed E-state index contributed by atoms with van der Waals surface area (Å²) in [6.07, 6.45) is 0. The molecule has 0 radical (unpaired) electrons. The van der Waals surface area contributed by atoms with E-state index in [9.17, 15) is 0 Å². The van der Waals surface area contributed by atoms with Gasteiger partial charge in [0.15, 0.2) is 0 Å². The first-order valence-electron chi connectivity index (χ1n) is 5.56. The van der Waals surface area contributed by atoms with E-state index in [1.165, 1.54) is 0 Å². The SMILES string of the molecule is CCNc1ccc(Cl)c(CNC(C)(C)C)n1. The lowest BCUT2D eigenvalue weighted by Gasteiger charge is -2.20. The molecule has 0 aromatic carbocycles. The molecule has 16 heavy (non-hydrogen) atoms. The average molecular weight is 242 g/mol. The van der Waals surface area contributed by atoms with Gasteiger partial charge in [-0.1, -0.05) is 11.6 Å². The number of nitrogens with zero attached hydrogens (tertiary/aromatic N) is 1. The maximum Gasteiger partial charge on any atom is 0.126 e. The van der Waals surface area contributed by atoms with Crippen LogP contribution in [0.1, 0.15) is 33.4 Å². The molecule has 0 spiro atoms. The Morgan fingerprint density at radius 3 is 2.56 bits per heavy atom. The van der Waals surface area contributed by atoms with Crippen LogP contribution in [-0.2, 0) is 6.54 Å². The number of hydrogen-bond donors (Lipinski definition) is 2. The average Bonchev–Trinajstić information content (AvgIpc) is 2.18. The smallest absolute Gasteiger partial charge is 0.126 e. The number of rotatable bonds is 4. The summed E-state index contributed by atoms with van der Waals surface area (Å²) >= 11 is 6.09. The Labute approximate surface area is 103 Å². The number of anilines is 1. The molecule has 0 saturated heterocycles. The van der Waals surface area contributed by atoms with Crippen LogP contribution in [0.4, 0.5) is 5.82 Å². The Morgan fingerprint density at radius 2 is 2.00 bits per heavy atom. The molecule has 0 aliphatic rings. The van der Waals surface area contributed by atoms with Crippen molar-refractivity contribution < 1.29 is 0 Å². The maximum absolute atomic E-state index is 6.09. The van der Waals surface area contributed by atoms with Crippen molar-refractivity contribution in [3.05, 3.63) is 22.8 Å². The highest BCUT2D eigenvalue weighted by Gasteiger charge is 2.11. The molecule has 1 rings (SSSR count). The van der Waals surface area contributed by atoms with Crippen LogP contribution < -0.4 is 10.6 Å². The van der Waals surface area contributed by atoms with Crippen molar-refractivity contribution in [2.24, 2.45) is 0 Å². The second kappa shape index (κ2) is 5.51. The zero-order chi connectivity index (χ0) is 12.2. The van der Waals surface area contributed by atoms with Gasteiger partial charge < -0.3 is 10.6 Å². The van der Waals surface area contributed by atoms with Gasteiger partial charge in [-0.05, 0) is 39.8 Å². The van der Waals surface area contributed by atoms with Crippen molar-refractivity contribution in [1.29, 1.82) is 0 Å². The van der Waals surface area contributed by atoms with Crippen molar-refractivity contribution in [3.8, 4) is 0 Å². The highest BCUT2D eigenvalue weighted by atomic mass is 35.5. The predicted octanol–water partition coefficient (Wildman–Crippen LogP) is 3.05. The van der Waals surface area contributed by atoms with Crippen LogP contribution in [0.3, 0.4) is 0 Å². The molecule has 90 valence electrons. The molecule has 2 N–H and O–H groups in total.